The van der Waals surface area contributed by atoms with E-state index in [2.05, 4.69) is 25.1 Å². The van der Waals surface area contributed by atoms with Gasteiger partial charge < -0.3 is 9.47 Å². The molecule has 0 fully saturated rings. The van der Waals surface area contributed by atoms with Crippen LogP contribution in [0.1, 0.15) is 10.4 Å². The summed E-state index contributed by atoms with van der Waals surface area (Å²) in [5.41, 5.74) is 3.01. The van der Waals surface area contributed by atoms with Gasteiger partial charge in [-0.3, -0.25) is 14.9 Å². The highest BCUT2D eigenvalue weighted by Crippen LogP contribution is 2.25. The molecule has 0 atom stereocenters. The molecule has 1 aromatic carbocycles. The summed E-state index contributed by atoms with van der Waals surface area (Å²) in [6, 6.07) is 4.91. The molecule has 136 valence electrons. The molecule has 0 spiro atoms. The first-order chi connectivity index (χ1) is 12.3. The summed E-state index contributed by atoms with van der Waals surface area (Å²) >= 11 is 0. The summed E-state index contributed by atoms with van der Waals surface area (Å²) in [5.74, 6) is -1.08. The van der Waals surface area contributed by atoms with Gasteiger partial charge in [-0.2, -0.15) is 5.10 Å². The SMILES string of the molecule is COC(=O)c1cn(Nc2ccc(OC(F)(F)F)cc2)cc2c(=O)[nH]nc1-2. The molecule has 0 radical (unpaired) electrons. The summed E-state index contributed by atoms with van der Waals surface area (Å²) in [6.07, 6.45) is -2.06. The van der Waals surface area contributed by atoms with E-state index < -0.39 is 17.9 Å². The number of carbonyl (C=O) groups is 1. The van der Waals surface area contributed by atoms with Crippen LogP contribution in [0.3, 0.4) is 0 Å². The quantitative estimate of drug-likeness (QED) is 0.686. The van der Waals surface area contributed by atoms with Gasteiger partial charge in [-0.15, -0.1) is 13.2 Å². The van der Waals surface area contributed by atoms with Gasteiger partial charge in [0.15, 0.2) is 0 Å². The van der Waals surface area contributed by atoms with E-state index in [4.69, 9.17) is 0 Å². The third kappa shape index (κ3) is 3.61. The number of aromatic amines is 1. The van der Waals surface area contributed by atoms with Crippen molar-refractivity contribution < 1.29 is 27.4 Å². The highest BCUT2D eigenvalue weighted by molar-refractivity contribution is 5.96. The van der Waals surface area contributed by atoms with Crippen LogP contribution in [-0.2, 0) is 4.74 Å². The number of nitrogens with one attached hydrogen (secondary N) is 2. The Morgan fingerprint density at radius 1 is 1.23 bits per heavy atom. The molecule has 0 aliphatic carbocycles. The van der Waals surface area contributed by atoms with Crippen LogP contribution in [0.4, 0.5) is 18.9 Å². The van der Waals surface area contributed by atoms with Crippen molar-refractivity contribution >= 4 is 11.7 Å². The third-order valence-electron chi connectivity index (χ3n) is 3.31. The van der Waals surface area contributed by atoms with Gasteiger partial charge in [-0.25, -0.2) is 9.89 Å². The molecule has 0 saturated carbocycles. The maximum atomic E-state index is 12.2. The minimum Gasteiger partial charge on any atom is -0.465 e. The first kappa shape index (κ1) is 17.3. The molecule has 0 bridgehead atoms. The van der Waals surface area contributed by atoms with E-state index in [0.29, 0.717) is 5.69 Å². The maximum Gasteiger partial charge on any atom is 0.573 e. The zero-order valence-corrected chi connectivity index (χ0v) is 13.1. The fourth-order valence-corrected chi connectivity index (χ4v) is 2.24. The van der Waals surface area contributed by atoms with E-state index in [9.17, 15) is 22.8 Å². The number of anilines is 1. The largest absolute Gasteiger partial charge is 0.573 e. The number of ether oxygens (including phenoxy) is 2. The number of hydrogen-bond donors (Lipinski definition) is 2. The van der Waals surface area contributed by atoms with Crippen LogP contribution in [0.5, 0.6) is 5.75 Å². The summed E-state index contributed by atoms with van der Waals surface area (Å²) in [4.78, 5) is 23.7. The van der Waals surface area contributed by atoms with E-state index in [-0.39, 0.29) is 22.6 Å². The average molecular weight is 368 g/mol. The van der Waals surface area contributed by atoms with E-state index in [1.807, 2.05) is 0 Å². The molecule has 2 aliphatic rings. The topological polar surface area (TPSA) is 98.2 Å². The van der Waals surface area contributed by atoms with Crippen molar-refractivity contribution in [3.8, 4) is 17.0 Å². The molecular formula is C15H11F3N4O4. The highest BCUT2D eigenvalue weighted by Gasteiger charge is 2.31. The number of fused-ring (bicyclic) bond motifs is 1. The van der Waals surface area contributed by atoms with Gasteiger partial charge >= 0.3 is 12.3 Å². The first-order valence-corrected chi connectivity index (χ1v) is 7.08. The zero-order chi connectivity index (χ0) is 18.9. The minimum absolute atomic E-state index is 0.0351. The smallest absolute Gasteiger partial charge is 0.465 e. The Morgan fingerprint density at radius 2 is 1.92 bits per heavy atom. The van der Waals surface area contributed by atoms with Gasteiger partial charge in [0, 0.05) is 12.4 Å². The zero-order valence-electron chi connectivity index (χ0n) is 13.1. The van der Waals surface area contributed by atoms with E-state index in [1.54, 1.807) is 0 Å². The lowest BCUT2D eigenvalue weighted by atomic mass is 10.1. The number of esters is 1. The van der Waals surface area contributed by atoms with Crippen molar-refractivity contribution in [2.75, 3.05) is 12.5 Å². The molecule has 0 unspecified atom stereocenters. The fraction of sp³-hybridized carbons (Fsp3) is 0.133. The summed E-state index contributed by atoms with van der Waals surface area (Å²) in [5, 5.41) is 6.02. The van der Waals surface area contributed by atoms with Crippen LogP contribution in [0, 0.1) is 0 Å². The molecule has 2 N–H and O–H groups in total. The molecule has 8 nitrogen and oxygen atoms in total. The molecule has 11 heteroatoms. The number of rotatable bonds is 4. The van der Waals surface area contributed by atoms with Gasteiger partial charge in [0.05, 0.1) is 18.4 Å². The number of carbonyl (C=O) groups excluding carboxylic acids is 1. The molecule has 2 aliphatic heterocycles. The van der Waals surface area contributed by atoms with Gasteiger partial charge in [0.25, 0.3) is 5.56 Å². The van der Waals surface area contributed by atoms with Crippen molar-refractivity contribution in [2.45, 2.75) is 6.36 Å². The predicted molar refractivity (Wildman–Crippen MR) is 83.0 cm³/mol. The van der Waals surface area contributed by atoms with Gasteiger partial charge in [0.2, 0.25) is 0 Å². The van der Waals surface area contributed by atoms with Gasteiger partial charge in [-0.1, -0.05) is 0 Å². The van der Waals surface area contributed by atoms with Crippen LogP contribution in [0.15, 0.2) is 41.5 Å². The van der Waals surface area contributed by atoms with E-state index in [1.165, 1.54) is 36.3 Å². The number of hydrogen-bond acceptors (Lipinski definition) is 6. The Balaban J connectivity index is 1.91. The monoisotopic (exact) mass is 368 g/mol. The van der Waals surface area contributed by atoms with Crippen molar-refractivity contribution in [1.29, 1.82) is 0 Å². The van der Waals surface area contributed by atoms with Crippen molar-refractivity contribution in [1.82, 2.24) is 14.9 Å². The van der Waals surface area contributed by atoms with Gasteiger partial charge in [-0.05, 0) is 24.3 Å². The second kappa shape index (κ2) is 6.43. The lowest BCUT2D eigenvalue weighted by Gasteiger charge is -2.14. The number of nitrogens with zero attached hydrogens (tertiary/aromatic N) is 2. The number of alkyl halides is 3. The lowest BCUT2D eigenvalue weighted by molar-refractivity contribution is -0.274. The van der Waals surface area contributed by atoms with E-state index in [0.717, 1.165) is 12.1 Å². The minimum atomic E-state index is -4.78. The van der Waals surface area contributed by atoms with Crippen LogP contribution in [0.2, 0.25) is 0 Å². The van der Waals surface area contributed by atoms with Crippen LogP contribution >= 0.6 is 0 Å². The Kier molecular flexibility index (Phi) is 4.28. The Bertz CT molecular complexity index is 962. The summed E-state index contributed by atoms with van der Waals surface area (Å²) in [7, 11) is 1.18. The second-order valence-corrected chi connectivity index (χ2v) is 5.07. The normalized spacial score (nSPS) is 11.4. The lowest BCUT2D eigenvalue weighted by Crippen LogP contribution is -2.17. The van der Waals surface area contributed by atoms with Crippen LogP contribution < -0.4 is 15.7 Å². The number of pyridine rings is 1. The molecule has 0 amide bonds. The average Bonchev–Trinajstić information content (AvgIpc) is 2.95. The van der Waals surface area contributed by atoms with Crippen LogP contribution in [0.25, 0.3) is 11.3 Å². The molecule has 26 heavy (non-hydrogen) atoms. The Morgan fingerprint density at radius 3 is 2.54 bits per heavy atom. The second-order valence-electron chi connectivity index (χ2n) is 5.07. The molecule has 0 aromatic heterocycles. The summed E-state index contributed by atoms with van der Waals surface area (Å²) in [6.45, 7) is 0. The van der Waals surface area contributed by atoms with E-state index >= 15 is 0 Å². The molecule has 2 heterocycles. The molecular weight excluding hydrogens is 357 g/mol. The number of H-pyrrole nitrogens is 1. The number of aromatic nitrogens is 3. The van der Waals surface area contributed by atoms with Gasteiger partial charge in [0.1, 0.15) is 17.0 Å². The van der Waals surface area contributed by atoms with Crippen molar-refractivity contribution in [3.63, 3.8) is 0 Å². The predicted octanol–water partition coefficient (Wildman–Crippen LogP) is 2.24. The Labute approximate surface area is 143 Å². The third-order valence-corrected chi connectivity index (χ3v) is 3.31. The molecule has 0 saturated heterocycles. The summed E-state index contributed by atoms with van der Waals surface area (Å²) < 4.78 is 46.3. The number of methoxy groups -OCH3 is 1. The molecule has 3 rings (SSSR count). The fourth-order valence-electron chi connectivity index (χ4n) is 2.24. The highest BCUT2D eigenvalue weighted by atomic mass is 19.4. The number of benzene rings is 1. The number of halogens is 3. The molecule has 1 aromatic rings. The standard InChI is InChI=1S/C15H11F3N4O4/c1-25-14(24)11-7-22(6-10-12(11)19-20-13(10)23)21-8-2-4-9(5-3-8)26-15(16,17)18/h2-7,21H,1H3,(H,20,23). The van der Waals surface area contributed by atoms with Crippen LogP contribution in [-0.4, -0.2) is 34.3 Å². The maximum absolute atomic E-state index is 12.2. The Hall–Kier alpha value is -3.50. The first-order valence-electron chi connectivity index (χ1n) is 7.08. The van der Waals surface area contributed by atoms with Crippen molar-refractivity contribution in [2.24, 2.45) is 0 Å². The van der Waals surface area contributed by atoms with Crippen molar-refractivity contribution in [3.05, 3.63) is 52.6 Å².